The maximum atomic E-state index is 11.0. The van der Waals surface area contributed by atoms with E-state index in [9.17, 15) is 9.59 Å². The quantitative estimate of drug-likeness (QED) is 0.768. The molecule has 0 atom stereocenters. The molecule has 1 aromatic carbocycles. The number of imidazole rings is 1. The number of carbonyl (C=O) groups is 2. The van der Waals surface area contributed by atoms with Crippen molar-refractivity contribution in [1.82, 2.24) is 9.55 Å². The van der Waals surface area contributed by atoms with Gasteiger partial charge < -0.3 is 15.4 Å². The van der Waals surface area contributed by atoms with E-state index in [1.54, 1.807) is 0 Å². The number of aromatic nitrogens is 2. The van der Waals surface area contributed by atoms with Crippen molar-refractivity contribution in [3.05, 3.63) is 22.7 Å². The largest absolute Gasteiger partial charge is 0.481 e. The Balaban J connectivity index is 2.40. The highest BCUT2D eigenvalue weighted by Crippen LogP contribution is 2.26. The summed E-state index contributed by atoms with van der Waals surface area (Å²) in [6.07, 6.45) is 0.179. The zero-order valence-corrected chi connectivity index (χ0v) is 12.8. The fraction of sp³-hybridized carbons (Fsp3) is 0.250. The summed E-state index contributed by atoms with van der Waals surface area (Å²) in [5.74, 6) is -1.40. The number of carbonyl (C=O) groups excluding carboxylic acids is 1. The number of fused-ring (bicyclic) bond motifs is 1. The predicted octanol–water partition coefficient (Wildman–Crippen LogP) is 1.85. The summed E-state index contributed by atoms with van der Waals surface area (Å²) in [6.45, 7) is 0.379. The second-order valence-electron chi connectivity index (χ2n) is 4.08. The van der Waals surface area contributed by atoms with Gasteiger partial charge in [0.05, 0.1) is 16.8 Å². The van der Waals surface area contributed by atoms with Gasteiger partial charge in [0.1, 0.15) is 0 Å². The Bertz CT molecular complexity index is 671. The summed E-state index contributed by atoms with van der Waals surface area (Å²) in [5.41, 5.74) is 6.77. The molecule has 106 valence electrons. The van der Waals surface area contributed by atoms with Crippen molar-refractivity contribution < 1.29 is 14.7 Å². The molecule has 0 saturated carbocycles. The Morgan fingerprint density at radius 2 is 2.20 bits per heavy atom. The van der Waals surface area contributed by atoms with Crippen LogP contribution >= 0.6 is 27.7 Å². The van der Waals surface area contributed by atoms with Gasteiger partial charge in [-0.25, -0.2) is 4.98 Å². The Morgan fingerprint density at radius 1 is 1.45 bits per heavy atom. The highest BCUT2D eigenvalue weighted by Gasteiger charge is 2.13. The SMILES string of the molecule is NC(=O)CCn1c(SCC(=O)O)nc2ccc(Br)cc21. The number of amides is 1. The van der Waals surface area contributed by atoms with Crippen LogP contribution in [-0.2, 0) is 16.1 Å². The standard InChI is InChI=1S/C12H12BrN3O3S/c13-7-1-2-8-9(5-7)16(4-3-10(14)17)12(15-8)20-6-11(18)19/h1-2,5H,3-4,6H2,(H2,14,17)(H,18,19). The molecule has 0 aliphatic heterocycles. The monoisotopic (exact) mass is 357 g/mol. The number of hydrogen-bond acceptors (Lipinski definition) is 4. The van der Waals surface area contributed by atoms with Gasteiger partial charge in [-0.3, -0.25) is 9.59 Å². The molecule has 3 N–H and O–H groups in total. The second-order valence-corrected chi connectivity index (χ2v) is 5.94. The van der Waals surface area contributed by atoms with E-state index in [0.29, 0.717) is 11.7 Å². The van der Waals surface area contributed by atoms with Crippen molar-refractivity contribution in [2.75, 3.05) is 5.75 Å². The molecule has 0 bridgehead atoms. The van der Waals surface area contributed by atoms with Crippen molar-refractivity contribution >= 4 is 50.6 Å². The average Bonchev–Trinajstić information content (AvgIpc) is 2.71. The van der Waals surface area contributed by atoms with Gasteiger partial charge >= 0.3 is 5.97 Å². The zero-order chi connectivity index (χ0) is 14.7. The highest BCUT2D eigenvalue weighted by molar-refractivity contribution is 9.10. The molecule has 1 heterocycles. The van der Waals surface area contributed by atoms with Crippen LogP contribution < -0.4 is 5.73 Å². The molecular formula is C12H12BrN3O3S. The molecule has 0 unspecified atom stereocenters. The van der Waals surface area contributed by atoms with Gasteiger partial charge in [-0.15, -0.1) is 0 Å². The number of carboxylic acids is 1. The summed E-state index contributed by atoms with van der Waals surface area (Å²) in [5, 5.41) is 9.33. The lowest BCUT2D eigenvalue weighted by molar-refractivity contribution is -0.134. The van der Waals surface area contributed by atoms with Crippen LogP contribution in [0.2, 0.25) is 0 Å². The van der Waals surface area contributed by atoms with Crippen molar-refractivity contribution in [2.45, 2.75) is 18.1 Å². The summed E-state index contributed by atoms with van der Waals surface area (Å²) < 4.78 is 2.71. The number of thioether (sulfide) groups is 1. The number of aryl methyl sites for hydroxylation is 1. The third-order valence-corrected chi connectivity index (χ3v) is 4.04. The van der Waals surface area contributed by atoms with Crippen LogP contribution in [0.5, 0.6) is 0 Å². The minimum atomic E-state index is -0.912. The number of nitrogens with two attached hydrogens (primary N) is 1. The van der Waals surface area contributed by atoms with Crippen LogP contribution in [0.15, 0.2) is 27.8 Å². The molecule has 1 aromatic heterocycles. The van der Waals surface area contributed by atoms with Crippen LogP contribution in [0.3, 0.4) is 0 Å². The van der Waals surface area contributed by atoms with Gasteiger partial charge in [-0.1, -0.05) is 27.7 Å². The average molecular weight is 358 g/mol. The summed E-state index contributed by atoms with van der Waals surface area (Å²) in [7, 11) is 0. The van der Waals surface area contributed by atoms with E-state index in [1.807, 2.05) is 22.8 Å². The molecule has 6 nitrogen and oxygen atoms in total. The van der Waals surface area contributed by atoms with E-state index < -0.39 is 11.9 Å². The Labute approximate surface area is 127 Å². The first-order valence-corrected chi connectivity index (χ1v) is 7.54. The van der Waals surface area contributed by atoms with Gasteiger partial charge in [0.25, 0.3) is 0 Å². The molecule has 1 amide bonds. The highest BCUT2D eigenvalue weighted by atomic mass is 79.9. The smallest absolute Gasteiger partial charge is 0.313 e. The Kier molecular flexibility index (Phi) is 4.66. The minimum absolute atomic E-state index is 0.0823. The first kappa shape index (κ1) is 14.9. The molecule has 20 heavy (non-hydrogen) atoms. The number of benzene rings is 1. The maximum Gasteiger partial charge on any atom is 0.313 e. The third kappa shape index (κ3) is 3.51. The molecule has 0 aliphatic rings. The van der Waals surface area contributed by atoms with E-state index in [4.69, 9.17) is 10.8 Å². The van der Waals surface area contributed by atoms with Gasteiger partial charge in [-0.2, -0.15) is 0 Å². The van der Waals surface area contributed by atoms with Gasteiger partial charge in [0.2, 0.25) is 5.91 Å². The van der Waals surface area contributed by atoms with Crippen LogP contribution in [0.25, 0.3) is 11.0 Å². The zero-order valence-electron chi connectivity index (χ0n) is 10.4. The summed E-state index contributed by atoms with van der Waals surface area (Å²) in [6, 6.07) is 5.58. The molecule has 8 heteroatoms. The lowest BCUT2D eigenvalue weighted by Gasteiger charge is -2.06. The molecule has 0 radical (unpaired) electrons. The van der Waals surface area contributed by atoms with Gasteiger partial charge in [0, 0.05) is 17.4 Å². The van der Waals surface area contributed by atoms with Crippen LogP contribution in [0.1, 0.15) is 6.42 Å². The molecule has 0 aliphatic carbocycles. The fourth-order valence-electron chi connectivity index (χ4n) is 1.75. The summed E-state index contributed by atoms with van der Waals surface area (Å²) in [4.78, 5) is 26.0. The van der Waals surface area contributed by atoms with E-state index in [-0.39, 0.29) is 12.2 Å². The Morgan fingerprint density at radius 3 is 2.85 bits per heavy atom. The summed E-state index contributed by atoms with van der Waals surface area (Å²) >= 11 is 4.51. The molecular weight excluding hydrogens is 346 g/mol. The normalized spacial score (nSPS) is 10.8. The molecule has 0 spiro atoms. The minimum Gasteiger partial charge on any atom is -0.481 e. The second kappa shape index (κ2) is 6.27. The van der Waals surface area contributed by atoms with E-state index >= 15 is 0 Å². The first-order chi connectivity index (χ1) is 9.47. The van der Waals surface area contributed by atoms with Crippen LogP contribution in [0, 0.1) is 0 Å². The number of rotatable bonds is 6. The van der Waals surface area contributed by atoms with E-state index in [2.05, 4.69) is 20.9 Å². The fourth-order valence-corrected chi connectivity index (χ4v) is 2.86. The lowest BCUT2D eigenvalue weighted by atomic mass is 10.3. The van der Waals surface area contributed by atoms with Gasteiger partial charge in [0.15, 0.2) is 5.16 Å². The van der Waals surface area contributed by atoms with Crippen molar-refractivity contribution in [1.29, 1.82) is 0 Å². The number of aliphatic carboxylic acids is 1. The number of carboxylic acid groups (broad SMARTS) is 1. The molecule has 2 rings (SSSR count). The molecule has 0 fully saturated rings. The first-order valence-electron chi connectivity index (χ1n) is 5.76. The lowest BCUT2D eigenvalue weighted by Crippen LogP contribution is -2.14. The van der Waals surface area contributed by atoms with Crippen molar-refractivity contribution in [2.24, 2.45) is 5.73 Å². The van der Waals surface area contributed by atoms with Crippen molar-refractivity contribution in [3.8, 4) is 0 Å². The number of primary amides is 1. The van der Waals surface area contributed by atoms with Crippen molar-refractivity contribution in [3.63, 3.8) is 0 Å². The number of halogens is 1. The molecule has 2 aromatic rings. The van der Waals surface area contributed by atoms with Gasteiger partial charge in [-0.05, 0) is 18.2 Å². The number of hydrogen-bond donors (Lipinski definition) is 2. The maximum absolute atomic E-state index is 11.0. The van der Waals surface area contributed by atoms with Crippen LogP contribution in [-0.4, -0.2) is 32.3 Å². The third-order valence-electron chi connectivity index (χ3n) is 2.58. The predicted molar refractivity (Wildman–Crippen MR) is 79.6 cm³/mol. The number of nitrogens with zero attached hydrogens (tertiary/aromatic N) is 2. The van der Waals surface area contributed by atoms with Crippen LogP contribution in [0.4, 0.5) is 0 Å². The topological polar surface area (TPSA) is 98.2 Å². The Hall–Kier alpha value is -1.54. The molecule has 0 saturated heterocycles. The van der Waals surface area contributed by atoms with E-state index in [0.717, 1.165) is 27.3 Å². The van der Waals surface area contributed by atoms with E-state index in [1.165, 1.54) is 0 Å².